The number of hydrogen-bond donors (Lipinski definition) is 2. The maximum Gasteiger partial charge on any atom is 0.365 e. The van der Waals surface area contributed by atoms with Crippen molar-refractivity contribution in [2.24, 2.45) is 5.41 Å². The van der Waals surface area contributed by atoms with Gasteiger partial charge >= 0.3 is 5.97 Å². The lowest BCUT2D eigenvalue weighted by atomic mass is 9.89. The van der Waals surface area contributed by atoms with E-state index < -0.39 is 5.97 Å². The molecule has 16 heavy (non-hydrogen) atoms. The first kappa shape index (κ1) is 11.5. The second-order valence-corrected chi connectivity index (χ2v) is 5.21. The number of hydrogen-bond acceptors (Lipinski definition) is 5. The molecule has 0 unspecified atom stereocenters. The van der Waals surface area contributed by atoms with E-state index in [-0.39, 0.29) is 10.4 Å². The van der Waals surface area contributed by atoms with Crippen LogP contribution in [-0.4, -0.2) is 35.8 Å². The van der Waals surface area contributed by atoms with Crippen molar-refractivity contribution in [3.8, 4) is 0 Å². The molecule has 2 heterocycles. The maximum atomic E-state index is 10.6. The summed E-state index contributed by atoms with van der Waals surface area (Å²) in [6.07, 6.45) is 0. The fraction of sp³-hybridized carbons (Fsp3) is 0.600. The number of carboxylic acids is 1. The zero-order valence-electron chi connectivity index (χ0n) is 9.02. The van der Waals surface area contributed by atoms with Crippen LogP contribution < -0.4 is 5.32 Å². The number of carbonyl (C=O) groups is 1. The zero-order chi connectivity index (χ0) is 11.6. The summed E-state index contributed by atoms with van der Waals surface area (Å²) in [5.74, 6) is -0.962. The highest BCUT2D eigenvalue weighted by atomic mass is 32.1. The van der Waals surface area contributed by atoms with Crippen molar-refractivity contribution < 1.29 is 14.6 Å². The van der Waals surface area contributed by atoms with Crippen LogP contribution in [-0.2, 0) is 11.3 Å². The number of aromatic nitrogens is 1. The van der Waals surface area contributed by atoms with Gasteiger partial charge in [-0.1, -0.05) is 6.92 Å². The Kier molecular flexibility index (Phi) is 3.22. The number of carboxylic acid groups (broad SMARTS) is 1. The average molecular weight is 242 g/mol. The van der Waals surface area contributed by atoms with Gasteiger partial charge in [-0.15, -0.1) is 11.3 Å². The van der Waals surface area contributed by atoms with Gasteiger partial charge in [0.1, 0.15) is 0 Å². The zero-order valence-corrected chi connectivity index (χ0v) is 9.84. The van der Waals surface area contributed by atoms with Gasteiger partial charge in [0.05, 0.1) is 18.9 Å². The molecule has 0 radical (unpaired) electrons. The molecular formula is C10H14N2O3S. The van der Waals surface area contributed by atoms with Crippen LogP contribution in [0.1, 0.15) is 22.4 Å². The van der Waals surface area contributed by atoms with E-state index in [1.165, 1.54) is 0 Å². The predicted molar refractivity (Wildman–Crippen MR) is 59.7 cm³/mol. The molecular weight excluding hydrogens is 228 g/mol. The Morgan fingerprint density at radius 2 is 2.50 bits per heavy atom. The van der Waals surface area contributed by atoms with Crippen LogP contribution in [0.2, 0.25) is 0 Å². The van der Waals surface area contributed by atoms with E-state index in [9.17, 15) is 4.79 Å². The minimum absolute atomic E-state index is 0.148. The molecule has 6 heteroatoms. The lowest BCUT2D eigenvalue weighted by Crippen LogP contribution is -2.47. The first-order valence-electron chi connectivity index (χ1n) is 5.05. The molecule has 0 aliphatic carbocycles. The van der Waals surface area contributed by atoms with Gasteiger partial charge in [0.15, 0.2) is 0 Å². The third-order valence-corrected chi connectivity index (χ3v) is 3.37. The highest BCUT2D eigenvalue weighted by Gasteiger charge is 2.32. The minimum atomic E-state index is -0.962. The highest BCUT2D eigenvalue weighted by molar-refractivity contribution is 7.11. The van der Waals surface area contributed by atoms with Gasteiger partial charge in [-0.2, -0.15) is 0 Å². The van der Waals surface area contributed by atoms with Gasteiger partial charge in [0, 0.05) is 23.9 Å². The molecule has 5 nitrogen and oxygen atoms in total. The van der Waals surface area contributed by atoms with E-state index in [0.29, 0.717) is 6.54 Å². The molecule has 88 valence electrons. The molecule has 0 aromatic carbocycles. The van der Waals surface area contributed by atoms with Crippen LogP contribution in [0.15, 0.2) is 5.38 Å². The monoisotopic (exact) mass is 242 g/mol. The van der Waals surface area contributed by atoms with Crippen molar-refractivity contribution in [2.45, 2.75) is 13.5 Å². The summed E-state index contributed by atoms with van der Waals surface area (Å²) in [6, 6.07) is 0. The predicted octanol–water partition coefficient (Wildman–Crippen LogP) is 0.967. The number of nitrogens with zero attached hydrogens (tertiary/aromatic N) is 1. The van der Waals surface area contributed by atoms with Crippen LogP contribution in [0.3, 0.4) is 0 Å². The number of ether oxygens (including phenoxy) is 1. The standard InChI is InChI=1S/C10H14N2O3S/c1-10(5-15-6-10)4-11-2-7-3-16-8(12-7)9(13)14/h3,11H,2,4-6H2,1H3,(H,13,14). The number of thiazole rings is 1. The average Bonchev–Trinajstić information content (AvgIpc) is 2.64. The van der Waals surface area contributed by atoms with Gasteiger partial charge in [-0.05, 0) is 0 Å². The SMILES string of the molecule is CC1(CNCc2csc(C(=O)O)n2)COC1. The third kappa shape index (κ3) is 2.58. The van der Waals surface area contributed by atoms with Crippen LogP contribution >= 0.6 is 11.3 Å². The van der Waals surface area contributed by atoms with Crippen molar-refractivity contribution in [1.29, 1.82) is 0 Å². The number of rotatable bonds is 5. The summed E-state index contributed by atoms with van der Waals surface area (Å²) < 4.78 is 5.14. The number of nitrogens with one attached hydrogen (secondary N) is 1. The smallest absolute Gasteiger partial charge is 0.365 e. The fourth-order valence-electron chi connectivity index (χ4n) is 1.53. The van der Waals surface area contributed by atoms with E-state index >= 15 is 0 Å². The molecule has 1 fully saturated rings. The molecule has 1 aromatic heterocycles. The number of aromatic carboxylic acids is 1. The summed E-state index contributed by atoms with van der Waals surface area (Å²) in [4.78, 5) is 14.6. The molecule has 1 aliphatic rings. The van der Waals surface area contributed by atoms with Gasteiger partial charge < -0.3 is 15.2 Å². The summed E-state index contributed by atoms with van der Waals surface area (Å²) >= 11 is 1.16. The topological polar surface area (TPSA) is 71.5 Å². The molecule has 2 rings (SSSR count). The second-order valence-electron chi connectivity index (χ2n) is 4.36. The Morgan fingerprint density at radius 1 is 1.75 bits per heavy atom. The van der Waals surface area contributed by atoms with Gasteiger partial charge in [0.2, 0.25) is 5.01 Å². The van der Waals surface area contributed by atoms with Crippen LogP contribution in [0.5, 0.6) is 0 Å². The molecule has 1 saturated heterocycles. The summed E-state index contributed by atoms with van der Waals surface area (Å²) in [5.41, 5.74) is 1.01. The highest BCUT2D eigenvalue weighted by Crippen LogP contribution is 2.25. The molecule has 1 aliphatic heterocycles. The van der Waals surface area contributed by atoms with Crippen LogP contribution in [0, 0.1) is 5.41 Å². The first-order chi connectivity index (χ1) is 7.59. The largest absolute Gasteiger partial charge is 0.476 e. The van der Waals surface area contributed by atoms with Crippen molar-refractivity contribution in [3.05, 3.63) is 16.1 Å². The van der Waals surface area contributed by atoms with Gasteiger partial charge in [0.25, 0.3) is 0 Å². The first-order valence-corrected chi connectivity index (χ1v) is 5.93. The van der Waals surface area contributed by atoms with Crippen molar-refractivity contribution in [2.75, 3.05) is 19.8 Å². The Morgan fingerprint density at radius 3 is 3.00 bits per heavy atom. The summed E-state index contributed by atoms with van der Waals surface area (Å²) in [7, 11) is 0. The molecule has 0 amide bonds. The normalized spacial score (nSPS) is 18.1. The van der Waals surface area contributed by atoms with Crippen molar-refractivity contribution in [1.82, 2.24) is 10.3 Å². The van der Waals surface area contributed by atoms with Crippen LogP contribution in [0.4, 0.5) is 0 Å². The molecule has 2 N–H and O–H groups in total. The van der Waals surface area contributed by atoms with Crippen molar-refractivity contribution in [3.63, 3.8) is 0 Å². The quantitative estimate of drug-likeness (QED) is 0.805. The minimum Gasteiger partial charge on any atom is -0.476 e. The van der Waals surface area contributed by atoms with E-state index in [1.807, 2.05) is 0 Å². The van der Waals surface area contributed by atoms with Gasteiger partial charge in [-0.3, -0.25) is 0 Å². The van der Waals surface area contributed by atoms with Crippen molar-refractivity contribution >= 4 is 17.3 Å². The fourth-order valence-corrected chi connectivity index (χ4v) is 2.19. The van der Waals surface area contributed by atoms with E-state index in [0.717, 1.165) is 36.8 Å². The Bertz CT molecular complexity index is 387. The summed E-state index contributed by atoms with van der Waals surface area (Å²) in [5, 5.41) is 13.9. The second kappa shape index (κ2) is 4.48. The lowest BCUT2D eigenvalue weighted by molar-refractivity contribution is -0.0991. The lowest BCUT2D eigenvalue weighted by Gasteiger charge is -2.38. The van der Waals surface area contributed by atoms with E-state index in [1.54, 1.807) is 5.38 Å². The van der Waals surface area contributed by atoms with Crippen LogP contribution in [0.25, 0.3) is 0 Å². The Labute approximate surface area is 97.5 Å². The molecule has 0 atom stereocenters. The Balaban J connectivity index is 1.78. The van der Waals surface area contributed by atoms with E-state index in [2.05, 4.69) is 17.2 Å². The molecule has 0 spiro atoms. The van der Waals surface area contributed by atoms with E-state index in [4.69, 9.17) is 9.84 Å². The maximum absolute atomic E-state index is 10.6. The third-order valence-electron chi connectivity index (χ3n) is 2.49. The molecule has 0 saturated carbocycles. The van der Waals surface area contributed by atoms with Gasteiger partial charge in [-0.25, -0.2) is 9.78 Å². The Hall–Kier alpha value is -0.980. The molecule has 1 aromatic rings. The molecule has 0 bridgehead atoms. The summed E-state index contributed by atoms with van der Waals surface area (Å²) in [6.45, 7) is 5.22.